The Labute approximate surface area is 212 Å². The van der Waals surface area contributed by atoms with E-state index in [9.17, 15) is 9.59 Å². The van der Waals surface area contributed by atoms with Gasteiger partial charge in [0.15, 0.2) is 4.32 Å². The van der Waals surface area contributed by atoms with Crippen molar-refractivity contribution in [2.24, 2.45) is 0 Å². The minimum Gasteiger partial charge on any atom is -0.497 e. The van der Waals surface area contributed by atoms with Gasteiger partial charge in [-0.3, -0.25) is 15.0 Å². The third-order valence-electron chi connectivity index (χ3n) is 5.46. The van der Waals surface area contributed by atoms with E-state index in [0.717, 1.165) is 50.7 Å². The van der Waals surface area contributed by atoms with E-state index in [4.69, 9.17) is 28.6 Å². The molecule has 2 amide bonds. The number of thioether (sulfide) groups is 1. The molecule has 1 aliphatic rings. The van der Waals surface area contributed by atoms with E-state index in [1.54, 1.807) is 31.4 Å². The number of carbonyl (C=O) groups is 2. The van der Waals surface area contributed by atoms with Crippen molar-refractivity contribution in [2.45, 2.75) is 20.8 Å². The second kappa shape index (κ2) is 9.66. The van der Waals surface area contributed by atoms with Crippen LogP contribution in [0.25, 0.3) is 11.8 Å². The van der Waals surface area contributed by atoms with Crippen molar-refractivity contribution in [3.63, 3.8) is 0 Å². The van der Waals surface area contributed by atoms with Gasteiger partial charge in [0.05, 0.1) is 22.6 Å². The molecule has 2 heterocycles. The molecule has 1 aromatic heterocycles. The number of thiocarbonyl (C=S) groups is 1. The van der Waals surface area contributed by atoms with Crippen molar-refractivity contribution in [1.82, 2.24) is 15.0 Å². The molecule has 0 atom stereocenters. The fourth-order valence-corrected chi connectivity index (χ4v) is 5.22. The number of benzene rings is 2. The van der Waals surface area contributed by atoms with E-state index >= 15 is 0 Å². The summed E-state index contributed by atoms with van der Waals surface area (Å²) in [6.45, 7) is 5.88. The Hall–Kier alpha value is -3.07. The van der Waals surface area contributed by atoms with Crippen LogP contribution in [0.1, 0.15) is 32.9 Å². The summed E-state index contributed by atoms with van der Waals surface area (Å²) in [7, 11) is 1.63. The molecule has 3 aromatic rings. The van der Waals surface area contributed by atoms with Gasteiger partial charge >= 0.3 is 0 Å². The molecule has 1 aliphatic heterocycles. The van der Waals surface area contributed by atoms with Crippen molar-refractivity contribution in [2.75, 3.05) is 7.11 Å². The van der Waals surface area contributed by atoms with Crippen molar-refractivity contribution >= 4 is 57.8 Å². The van der Waals surface area contributed by atoms with Crippen LogP contribution < -0.4 is 10.2 Å². The number of nitrogens with one attached hydrogen (secondary N) is 1. The van der Waals surface area contributed by atoms with E-state index in [-0.39, 0.29) is 15.8 Å². The lowest BCUT2D eigenvalue weighted by Gasteiger charge is -2.16. The Morgan fingerprint density at radius 3 is 2.47 bits per heavy atom. The minimum absolute atomic E-state index is 0.247. The maximum Gasteiger partial charge on any atom is 0.285 e. The first-order valence-electron chi connectivity index (χ1n) is 10.4. The van der Waals surface area contributed by atoms with Crippen molar-refractivity contribution in [3.8, 4) is 11.4 Å². The number of aryl methyl sites for hydroxylation is 2. The molecule has 0 radical (unpaired) electrons. The topological polar surface area (TPSA) is 63.6 Å². The number of rotatable bonds is 5. The first kappa shape index (κ1) is 24.1. The van der Waals surface area contributed by atoms with E-state index in [1.165, 1.54) is 0 Å². The standard InChI is InChI=1S/C25H22ClN3O3S2/c1-14-5-10-20(21(26)11-14)23(30)27-29-24(31)22(34-25(29)33)13-17-12-15(2)28(16(17)3)18-6-8-19(32-4)9-7-18/h5-13H,1-4H3,(H,27,30)/b22-13-. The average Bonchev–Trinajstić information content (AvgIpc) is 3.22. The Kier molecular flexibility index (Phi) is 6.84. The fourth-order valence-electron chi connectivity index (χ4n) is 3.73. The highest BCUT2D eigenvalue weighted by molar-refractivity contribution is 8.26. The molecular formula is C25H22ClN3O3S2. The van der Waals surface area contributed by atoms with Crippen LogP contribution in [0.2, 0.25) is 5.02 Å². The molecule has 4 rings (SSSR count). The summed E-state index contributed by atoms with van der Waals surface area (Å²) < 4.78 is 7.60. The first-order valence-corrected chi connectivity index (χ1v) is 12.0. The van der Waals surface area contributed by atoms with Gasteiger partial charge in [-0.25, -0.2) is 0 Å². The minimum atomic E-state index is -0.500. The van der Waals surface area contributed by atoms with Crippen LogP contribution in [0, 0.1) is 20.8 Å². The zero-order valence-corrected chi connectivity index (χ0v) is 21.4. The number of hydrogen-bond acceptors (Lipinski definition) is 5. The SMILES string of the molecule is COc1ccc(-n2c(C)cc(/C=C3\SC(=S)N(NC(=O)c4ccc(C)cc4Cl)C3=O)c2C)cc1. The number of carbonyl (C=O) groups excluding carboxylic acids is 2. The van der Waals surface area contributed by atoms with Gasteiger partial charge in [-0.1, -0.05) is 29.4 Å². The van der Waals surface area contributed by atoms with Crippen LogP contribution in [-0.4, -0.2) is 32.8 Å². The van der Waals surface area contributed by atoms with Gasteiger partial charge in [-0.05, 0) is 92.7 Å². The van der Waals surface area contributed by atoms with Gasteiger partial charge in [0.1, 0.15) is 5.75 Å². The van der Waals surface area contributed by atoms with E-state index in [0.29, 0.717) is 9.93 Å². The molecule has 0 bridgehead atoms. The fraction of sp³-hybridized carbons (Fsp3) is 0.160. The molecule has 6 nitrogen and oxygen atoms in total. The zero-order chi connectivity index (χ0) is 24.6. The quantitative estimate of drug-likeness (QED) is 0.356. The van der Waals surface area contributed by atoms with Gasteiger partial charge in [-0.15, -0.1) is 0 Å². The number of halogens is 1. The number of nitrogens with zero attached hydrogens (tertiary/aromatic N) is 2. The molecule has 1 fully saturated rings. The summed E-state index contributed by atoms with van der Waals surface area (Å²) in [6, 6.07) is 14.9. The van der Waals surface area contributed by atoms with Crippen LogP contribution in [0.5, 0.6) is 5.75 Å². The normalized spacial score (nSPS) is 14.7. The average molecular weight is 512 g/mol. The number of aromatic nitrogens is 1. The maximum atomic E-state index is 13.1. The van der Waals surface area contributed by atoms with Gasteiger partial charge in [0.2, 0.25) is 0 Å². The van der Waals surface area contributed by atoms with Gasteiger partial charge in [0.25, 0.3) is 11.8 Å². The maximum absolute atomic E-state index is 13.1. The Balaban J connectivity index is 1.58. The van der Waals surface area contributed by atoms with Gasteiger partial charge < -0.3 is 9.30 Å². The Morgan fingerprint density at radius 1 is 1.12 bits per heavy atom. The molecule has 2 aromatic carbocycles. The number of hydrogen-bond donors (Lipinski definition) is 1. The molecule has 0 aliphatic carbocycles. The summed E-state index contributed by atoms with van der Waals surface area (Å²) >= 11 is 12.7. The summed E-state index contributed by atoms with van der Waals surface area (Å²) in [5.74, 6) is -0.106. The number of methoxy groups -OCH3 is 1. The van der Waals surface area contributed by atoms with E-state index in [2.05, 4.69) is 9.99 Å². The Bertz CT molecular complexity index is 1350. The number of hydrazine groups is 1. The van der Waals surface area contributed by atoms with Crippen molar-refractivity contribution in [1.29, 1.82) is 0 Å². The van der Waals surface area contributed by atoms with E-state index in [1.807, 2.05) is 51.1 Å². The zero-order valence-electron chi connectivity index (χ0n) is 19.0. The van der Waals surface area contributed by atoms with Crippen molar-refractivity contribution < 1.29 is 14.3 Å². The molecule has 0 spiro atoms. The highest BCUT2D eigenvalue weighted by Gasteiger charge is 2.34. The summed E-state index contributed by atoms with van der Waals surface area (Å²) in [4.78, 5) is 26.2. The van der Waals surface area contributed by atoms with Crippen LogP contribution in [0.4, 0.5) is 0 Å². The Morgan fingerprint density at radius 2 is 1.82 bits per heavy atom. The number of amides is 2. The molecule has 0 unspecified atom stereocenters. The second-order valence-corrected chi connectivity index (χ2v) is 9.88. The predicted molar refractivity (Wildman–Crippen MR) is 140 cm³/mol. The van der Waals surface area contributed by atoms with Gasteiger partial charge in [0, 0.05) is 17.1 Å². The van der Waals surface area contributed by atoms with E-state index < -0.39 is 5.91 Å². The van der Waals surface area contributed by atoms with Crippen LogP contribution in [-0.2, 0) is 4.79 Å². The molecule has 9 heteroatoms. The molecule has 1 N–H and O–H groups in total. The lowest BCUT2D eigenvalue weighted by Crippen LogP contribution is -2.44. The predicted octanol–water partition coefficient (Wildman–Crippen LogP) is 5.61. The summed E-state index contributed by atoms with van der Waals surface area (Å²) in [6.07, 6.45) is 1.80. The molecule has 34 heavy (non-hydrogen) atoms. The van der Waals surface area contributed by atoms with Crippen LogP contribution in [0.3, 0.4) is 0 Å². The molecular weight excluding hydrogens is 490 g/mol. The van der Waals surface area contributed by atoms with Crippen LogP contribution in [0.15, 0.2) is 53.4 Å². The number of ether oxygens (including phenoxy) is 1. The van der Waals surface area contributed by atoms with Crippen molar-refractivity contribution in [3.05, 3.63) is 86.5 Å². The third-order valence-corrected chi connectivity index (χ3v) is 7.08. The monoisotopic (exact) mass is 511 g/mol. The summed E-state index contributed by atoms with van der Waals surface area (Å²) in [5, 5.41) is 1.40. The highest BCUT2D eigenvalue weighted by atomic mass is 35.5. The molecule has 1 saturated heterocycles. The van der Waals surface area contributed by atoms with Crippen LogP contribution >= 0.6 is 35.6 Å². The second-order valence-electron chi connectivity index (χ2n) is 7.80. The lowest BCUT2D eigenvalue weighted by molar-refractivity contribution is -0.123. The smallest absolute Gasteiger partial charge is 0.285 e. The highest BCUT2D eigenvalue weighted by Crippen LogP contribution is 2.33. The molecule has 174 valence electrons. The first-order chi connectivity index (χ1) is 16.2. The third kappa shape index (κ3) is 4.61. The van der Waals surface area contributed by atoms with Gasteiger partial charge in [-0.2, -0.15) is 5.01 Å². The summed E-state index contributed by atoms with van der Waals surface area (Å²) in [5.41, 5.74) is 7.66. The largest absolute Gasteiger partial charge is 0.497 e. The molecule has 0 saturated carbocycles. The lowest BCUT2D eigenvalue weighted by atomic mass is 10.1.